The molecule has 0 bridgehead atoms. The van der Waals surface area contributed by atoms with Gasteiger partial charge >= 0.3 is 0 Å². The Hall–Kier alpha value is -0.190. The average Bonchev–Trinajstić information content (AvgIpc) is 2.31. The lowest BCUT2D eigenvalue weighted by Crippen LogP contribution is -2.29. The van der Waals surface area contributed by atoms with Gasteiger partial charge in [0.1, 0.15) is 11.9 Å². The molecule has 1 aromatic carbocycles. The van der Waals surface area contributed by atoms with Crippen LogP contribution in [0.1, 0.15) is 30.9 Å². The number of nitrogens with two attached hydrogens (primary N) is 1. The van der Waals surface area contributed by atoms with Crippen molar-refractivity contribution in [2.45, 2.75) is 31.4 Å². The molecule has 0 fully saturated rings. The highest BCUT2D eigenvalue weighted by atomic mass is 79.9. The number of ether oxygens (including phenoxy) is 1. The summed E-state index contributed by atoms with van der Waals surface area (Å²) < 4.78 is 7.06. The van der Waals surface area contributed by atoms with Crippen LogP contribution in [-0.2, 0) is 0 Å². The molecule has 1 heterocycles. The fraction of sp³-hybridized carbons (Fsp3) is 0.538. The van der Waals surface area contributed by atoms with Crippen molar-refractivity contribution in [1.29, 1.82) is 0 Å². The molecule has 2 nitrogen and oxygen atoms in total. The van der Waals surface area contributed by atoms with E-state index in [1.165, 1.54) is 12.2 Å². The van der Waals surface area contributed by atoms with Crippen LogP contribution in [-0.4, -0.2) is 18.1 Å². The van der Waals surface area contributed by atoms with Crippen LogP contribution in [0.4, 0.5) is 0 Å². The van der Waals surface area contributed by atoms with Crippen molar-refractivity contribution in [3.8, 4) is 5.75 Å². The van der Waals surface area contributed by atoms with Crippen LogP contribution >= 0.6 is 27.7 Å². The maximum atomic E-state index is 6.20. The molecule has 1 aromatic rings. The molecule has 0 amide bonds. The van der Waals surface area contributed by atoms with Crippen molar-refractivity contribution < 1.29 is 4.74 Å². The van der Waals surface area contributed by atoms with Gasteiger partial charge in [0, 0.05) is 22.5 Å². The lowest BCUT2D eigenvalue weighted by Gasteiger charge is -2.30. The van der Waals surface area contributed by atoms with Gasteiger partial charge in [-0.1, -0.05) is 15.9 Å². The van der Waals surface area contributed by atoms with Crippen LogP contribution in [0.2, 0.25) is 0 Å². The lowest BCUT2D eigenvalue weighted by atomic mass is 9.95. The van der Waals surface area contributed by atoms with Gasteiger partial charge in [-0.05, 0) is 43.0 Å². The zero-order valence-electron chi connectivity index (χ0n) is 9.99. The first-order valence-electron chi connectivity index (χ1n) is 5.91. The number of rotatable bonds is 4. The molecule has 1 aliphatic heterocycles. The third-order valence-electron chi connectivity index (χ3n) is 3.06. The maximum Gasteiger partial charge on any atom is 0.124 e. The Bertz CT molecular complexity index is 386. The third-order valence-corrected chi connectivity index (χ3v) is 4.25. The van der Waals surface area contributed by atoms with Gasteiger partial charge in [0.15, 0.2) is 0 Å². The fourth-order valence-corrected chi connectivity index (χ4v) is 3.02. The second-order valence-corrected chi connectivity index (χ2v) is 6.30. The minimum Gasteiger partial charge on any atom is -0.490 e. The SMILES string of the molecule is CSCCCC1C[C@H](N)c2cc(Br)ccc2O1. The predicted octanol–water partition coefficient (Wildman–Crippen LogP) is 3.74. The van der Waals surface area contributed by atoms with E-state index in [9.17, 15) is 0 Å². The smallest absolute Gasteiger partial charge is 0.124 e. The first-order chi connectivity index (χ1) is 8.20. The van der Waals surface area contributed by atoms with E-state index in [4.69, 9.17) is 10.5 Å². The molecule has 0 spiro atoms. The molecule has 0 saturated carbocycles. The molecule has 4 heteroatoms. The van der Waals surface area contributed by atoms with Crippen LogP contribution in [0, 0.1) is 0 Å². The summed E-state index contributed by atoms with van der Waals surface area (Å²) in [4.78, 5) is 0. The van der Waals surface area contributed by atoms with E-state index in [-0.39, 0.29) is 12.1 Å². The number of halogens is 1. The van der Waals surface area contributed by atoms with Crippen molar-refractivity contribution >= 4 is 27.7 Å². The highest BCUT2D eigenvalue weighted by Gasteiger charge is 2.25. The second-order valence-electron chi connectivity index (χ2n) is 4.40. The molecule has 2 atom stereocenters. The summed E-state index contributed by atoms with van der Waals surface area (Å²) >= 11 is 5.36. The molecule has 94 valence electrons. The van der Waals surface area contributed by atoms with Gasteiger partial charge in [0.25, 0.3) is 0 Å². The Kier molecular flexibility index (Phi) is 4.77. The number of hydrogen-bond acceptors (Lipinski definition) is 3. The second kappa shape index (κ2) is 6.12. The monoisotopic (exact) mass is 315 g/mol. The number of fused-ring (bicyclic) bond motifs is 1. The number of hydrogen-bond donors (Lipinski definition) is 1. The first kappa shape index (κ1) is 13.2. The van der Waals surface area contributed by atoms with Gasteiger partial charge in [0.2, 0.25) is 0 Å². The number of thioether (sulfide) groups is 1. The van der Waals surface area contributed by atoms with E-state index < -0.39 is 0 Å². The van der Waals surface area contributed by atoms with Gasteiger partial charge in [-0.2, -0.15) is 11.8 Å². The van der Waals surface area contributed by atoms with Crippen LogP contribution < -0.4 is 10.5 Å². The Morgan fingerprint density at radius 2 is 2.35 bits per heavy atom. The molecule has 2 rings (SSSR count). The van der Waals surface area contributed by atoms with Gasteiger partial charge < -0.3 is 10.5 Å². The van der Waals surface area contributed by atoms with Crippen molar-refractivity contribution in [2.24, 2.45) is 5.73 Å². The molecule has 17 heavy (non-hydrogen) atoms. The van der Waals surface area contributed by atoms with Gasteiger partial charge in [0.05, 0.1) is 0 Å². The largest absolute Gasteiger partial charge is 0.490 e. The third kappa shape index (κ3) is 3.39. The molecule has 0 aliphatic carbocycles. The highest BCUT2D eigenvalue weighted by Crippen LogP contribution is 2.36. The van der Waals surface area contributed by atoms with Gasteiger partial charge in [-0.3, -0.25) is 0 Å². The topological polar surface area (TPSA) is 35.2 Å². The van der Waals surface area contributed by atoms with Crippen molar-refractivity contribution in [3.05, 3.63) is 28.2 Å². The summed E-state index contributed by atoms with van der Waals surface area (Å²) in [5, 5.41) is 0. The zero-order chi connectivity index (χ0) is 12.3. The van der Waals surface area contributed by atoms with Crippen LogP contribution in [0.25, 0.3) is 0 Å². The molecule has 1 aliphatic rings. The van der Waals surface area contributed by atoms with Crippen molar-refractivity contribution in [2.75, 3.05) is 12.0 Å². The first-order valence-corrected chi connectivity index (χ1v) is 8.10. The predicted molar refractivity (Wildman–Crippen MR) is 77.7 cm³/mol. The molecule has 2 N–H and O–H groups in total. The van der Waals surface area contributed by atoms with Crippen LogP contribution in [0.15, 0.2) is 22.7 Å². The Labute approximate surface area is 115 Å². The summed E-state index contributed by atoms with van der Waals surface area (Å²) in [7, 11) is 0. The van der Waals surface area contributed by atoms with Crippen molar-refractivity contribution in [3.63, 3.8) is 0 Å². The minimum absolute atomic E-state index is 0.107. The molecule has 0 saturated heterocycles. The summed E-state index contributed by atoms with van der Waals surface area (Å²) in [5.41, 5.74) is 7.33. The zero-order valence-corrected chi connectivity index (χ0v) is 12.4. The minimum atomic E-state index is 0.107. The van der Waals surface area contributed by atoms with Gasteiger partial charge in [-0.15, -0.1) is 0 Å². The van der Waals surface area contributed by atoms with Crippen LogP contribution in [0.3, 0.4) is 0 Å². The highest BCUT2D eigenvalue weighted by molar-refractivity contribution is 9.10. The standard InChI is InChI=1S/C13H18BrNOS/c1-17-6-2-3-10-8-12(15)11-7-9(14)4-5-13(11)16-10/h4-5,7,10,12H,2-3,6,8,15H2,1H3/t10?,12-/m0/s1. The van der Waals surface area contributed by atoms with Crippen LogP contribution in [0.5, 0.6) is 5.75 Å². The van der Waals surface area contributed by atoms with Crippen molar-refractivity contribution in [1.82, 2.24) is 0 Å². The Balaban J connectivity index is 2.03. The van der Waals surface area contributed by atoms with E-state index in [1.54, 1.807) is 0 Å². The Morgan fingerprint density at radius 3 is 3.12 bits per heavy atom. The quantitative estimate of drug-likeness (QED) is 0.860. The normalized spacial score (nSPS) is 23.0. The van der Waals surface area contributed by atoms with E-state index in [1.807, 2.05) is 23.9 Å². The lowest BCUT2D eigenvalue weighted by molar-refractivity contribution is 0.149. The van der Waals surface area contributed by atoms with E-state index >= 15 is 0 Å². The summed E-state index contributed by atoms with van der Waals surface area (Å²) in [6.07, 6.45) is 5.65. The van der Waals surface area contributed by atoms with E-state index in [2.05, 4.69) is 28.3 Å². The molecule has 0 aromatic heterocycles. The average molecular weight is 316 g/mol. The molecular formula is C13H18BrNOS. The summed E-state index contributed by atoms with van der Waals surface area (Å²) in [6.45, 7) is 0. The Morgan fingerprint density at radius 1 is 1.53 bits per heavy atom. The van der Waals surface area contributed by atoms with E-state index in [0.29, 0.717) is 0 Å². The fourth-order valence-electron chi connectivity index (χ4n) is 2.19. The van der Waals surface area contributed by atoms with Gasteiger partial charge in [-0.25, -0.2) is 0 Å². The molecule has 1 unspecified atom stereocenters. The summed E-state index contributed by atoms with van der Waals surface area (Å²) in [6, 6.07) is 6.20. The molecule has 0 radical (unpaired) electrons. The molecular weight excluding hydrogens is 298 g/mol. The summed E-state index contributed by atoms with van der Waals surface area (Å²) in [5.74, 6) is 2.16. The van der Waals surface area contributed by atoms with E-state index in [0.717, 1.165) is 28.6 Å². The number of benzene rings is 1. The maximum absolute atomic E-state index is 6.20.